The van der Waals surface area contributed by atoms with Crippen LogP contribution >= 0.6 is 0 Å². The van der Waals surface area contributed by atoms with Crippen LogP contribution < -0.4 is 0 Å². The Labute approximate surface area is 113 Å². The third-order valence-electron chi connectivity index (χ3n) is 4.86. The molecule has 19 heavy (non-hydrogen) atoms. The van der Waals surface area contributed by atoms with Gasteiger partial charge in [-0.3, -0.25) is 9.59 Å². The van der Waals surface area contributed by atoms with Gasteiger partial charge in [-0.25, -0.2) is 0 Å². The predicted molar refractivity (Wildman–Crippen MR) is 72.5 cm³/mol. The Hall–Kier alpha value is -1.64. The number of amides is 1. The van der Waals surface area contributed by atoms with E-state index in [1.807, 2.05) is 35.2 Å². The van der Waals surface area contributed by atoms with E-state index in [9.17, 15) is 9.59 Å². The van der Waals surface area contributed by atoms with Gasteiger partial charge in [-0.1, -0.05) is 30.3 Å². The summed E-state index contributed by atoms with van der Waals surface area (Å²) in [5.41, 5.74) is 0.610. The molecule has 0 unspecified atom stereocenters. The number of benzene rings is 1. The normalized spacial score (nSPS) is 33.6. The molecule has 2 fully saturated rings. The molecule has 2 bridgehead atoms. The van der Waals surface area contributed by atoms with Crippen LogP contribution in [0, 0.1) is 5.92 Å². The van der Waals surface area contributed by atoms with Crippen molar-refractivity contribution in [3.8, 4) is 0 Å². The van der Waals surface area contributed by atoms with Crippen LogP contribution in [-0.4, -0.2) is 22.6 Å². The smallest absolute Gasteiger partial charge is 0.220 e. The van der Waals surface area contributed by atoms with E-state index in [1.165, 1.54) is 0 Å². The first-order valence-corrected chi connectivity index (χ1v) is 6.93. The molecule has 1 saturated heterocycles. The number of Topliss-reactive ketones (excluding diaryl/α,β-unsaturated/α-hetero) is 1. The second-order valence-electron chi connectivity index (χ2n) is 5.85. The number of rotatable bonds is 1. The number of likely N-dealkylation sites (tertiary alicyclic amines) is 1. The average molecular weight is 257 g/mol. The summed E-state index contributed by atoms with van der Waals surface area (Å²) in [5.74, 6) is 0.345. The van der Waals surface area contributed by atoms with Crippen molar-refractivity contribution in [3.63, 3.8) is 0 Å². The first kappa shape index (κ1) is 12.4. The lowest BCUT2D eigenvalue weighted by Crippen LogP contribution is -2.47. The fourth-order valence-electron chi connectivity index (χ4n) is 4.03. The van der Waals surface area contributed by atoms with Gasteiger partial charge in [0.1, 0.15) is 5.78 Å². The van der Waals surface area contributed by atoms with E-state index in [2.05, 4.69) is 6.92 Å². The van der Waals surface area contributed by atoms with Gasteiger partial charge in [0.15, 0.2) is 0 Å². The summed E-state index contributed by atoms with van der Waals surface area (Å²) >= 11 is 0. The molecule has 0 aromatic heterocycles. The van der Waals surface area contributed by atoms with E-state index in [4.69, 9.17) is 0 Å². The van der Waals surface area contributed by atoms with E-state index in [0.29, 0.717) is 12.2 Å². The van der Waals surface area contributed by atoms with Crippen LogP contribution in [0.5, 0.6) is 0 Å². The van der Waals surface area contributed by atoms with Crippen molar-refractivity contribution in [2.24, 2.45) is 5.92 Å². The van der Waals surface area contributed by atoms with E-state index in [0.717, 1.165) is 18.4 Å². The largest absolute Gasteiger partial charge is 0.330 e. The van der Waals surface area contributed by atoms with Crippen molar-refractivity contribution in [2.45, 2.75) is 44.7 Å². The molecule has 1 aromatic carbocycles. The highest BCUT2D eigenvalue weighted by atomic mass is 16.2. The number of ketones is 1. The third kappa shape index (κ3) is 1.64. The molecule has 1 saturated carbocycles. The van der Waals surface area contributed by atoms with Gasteiger partial charge in [0.25, 0.3) is 0 Å². The highest BCUT2D eigenvalue weighted by molar-refractivity contribution is 5.87. The van der Waals surface area contributed by atoms with Crippen LogP contribution in [0.1, 0.15) is 38.7 Å². The number of fused-ring (bicyclic) bond motifs is 2. The van der Waals surface area contributed by atoms with E-state index in [-0.39, 0.29) is 17.9 Å². The summed E-state index contributed by atoms with van der Waals surface area (Å²) in [6.07, 6.45) is 2.25. The zero-order chi connectivity index (χ0) is 13.6. The first-order chi connectivity index (χ1) is 9.05. The predicted octanol–water partition coefficient (Wildman–Crippen LogP) is 2.50. The number of nitrogens with zero attached hydrogens (tertiary/aromatic N) is 1. The minimum atomic E-state index is -0.467. The molecule has 0 N–H and O–H groups in total. The molecular formula is C16H19NO2. The molecule has 1 aliphatic heterocycles. The van der Waals surface area contributed by atoms with Crippen molar-refractivity contribution < 1.29 is 9.59 Å². The van der Waals surface area contributed by atoms with Gasteiger partial charge in [0.2, 0.25) is 5.91 Å². The Bertz CT molecular complexity index is 525. The van der Waals surface area contributed by atoms with Gasteiger partial charge in [-0.2, -0.15) is 0 Å². The molecule has 100 valence electrons. The molecule has 3 heteroatoms. The van der Waals surface area contributed by atoms with Gasteiger partial charge < -0.3 is 4.90 Å². The Morgan fingerprint density at radius 1 is 1.32 bits per heavy atom. The SMILES string of the molecule is CC(=O)N1[C@@H]2CCC(=O)[C@@H](C2)[C@@]1(C)c1ccccc1. The molecule has 0 radical (unpaired) electrons. The Morgan fingerprint density at radius 3 is 2.63 bits per heavy atom. The molecule has 1 heterocycles. The average Bonchev–Trinajstić information content (AvgIpc) is 2.66. The van der Waals surface area contributed by atoms with Gasteiger partial charge >= 0.3 is 0 Å². The summed E-state index contributed by atoms with van der Waals surface area (Å²) in [4.78, 5) is 26.3. The highest BCUT2D eigenvalue weighted by Gasteiger charge is 2.56. The lowest BCUT2D eigenvalue weighted by atomic mass is 9.75. The molecule has 2 aliphatic rings. The topological polar surface area (TPSA) is 37.4 Å². The maximum absolute atomic E-state index is 12.3. The Balaban J connectivity index is 2.14. The van der Waals surface area contributed by atoms with Gasteiger partial charge in [-0.15, -0.1) is 0 Å². The zero-order valence-electron chi connectivity index (χ0n) is 11.4. The fourth-order valence-corrected chi connectivity index (χ4v) is 4.03. The van der Waals surface area contributed by atoms with Gasteiger partial charge in [0, 0.05) is 25.3 Å². The lowest BCUT2D eigenvalue weighted by Gasteiger charge is -2.39. The van der Waals surface area contributed by atoms with Crippen LogP contribution in [0.15, 0.2) is 30.3 Å². The van der Waals surface area contributed by atoms with Crippen molar-refractivity contribution in [1.29, 1.82) is 0 Å². The van der Waals surface area contributed by atoms with E-state index in [1.54, 1.807) is 6.92 Å². The summed E-state index contributed by atoms with van der Waals surface area (Å²) in [7, 11) is 0. The highest BCUT2D eigenvalue weighted by Crippen LogP contribution is 2.50. The molecule has 3 atom stereocenters. The van der Waals surface area contributed by atoms with E-state index < -0.39 is 5.54 Å². The number of hydrogen-bond donors (Lipinski definition) is 0. The number of carbonyl (C=O) groups is 2. The van der Waals surface area contributed by atoms with Crippen LogP contribution in [-0.2, 0) is 15.1 Å². The Kier molecular flexibility index (Phi) is 2.73. The molecule has 3 rings (SSSR count). The summed E-state index contributed by atoms with van der Waals surface area (Å²) in [6.45, 7) is 3.67. The standard InChI is InChI=1S/C16H19NO2/c1-11(18)17-13-8-9-15(19)14(10-13)16(17,2)12-6-4-3-5-7-12/h3-7,13-14H,8-10H2,1-2H3/t13-,14-,16-/m1/s1. The lowest BCUT2D eigenvalue weighted by molar-refractivity contribution is -0.136. The molecule has 3 nitrogen and oxygen atoms in total. The van der Waals surface area contributed by atoms with Gasteiger partial charge in [-0.05, 0) is 25.3 Å². The second kappa shape index (κ2) is 4.19. The second-order valence-corrected chi connectivity index (χ2v) is 5.85. The minimum Gasteiger partial charge on any atom is -0.330 e. The van der Waals surface area contributed by atoms with Gasteiger partial charge in [0.05, 0.1) is 5.54 Å². The molecule has 1 aliphatic carbocycles. The van der Waals surface area contributed by atoms with Crippen LogP contribution in [0.25, 0.3) is 0 Å². The summed E-state index contributed by atoms with van der Waals surface area (Å²) in [5, 5.41) is 0. The van der Waals surface area contributed by atoms with Crippen molar-refractivity contribution in [1.82, 2.24) is 4.90 Å². The Morgan fingerprint density at radius 2 is 2.00 bits per heavy atom. The summed E-state index contributed by atoms with van der Waals surface area (Å²) in [6, 6.07) is 10.2. The van der Waals surface area contributed by atoms with Crippen molar-refractivity contribution >= 4 is 11.7 Å². The quantitative estimate of drug-likeness (QED) is 0.775. The van der Waals surface area contributed by atoms with Crippen LogP contribution in [0.3, 0.4) is 0 Å². The van der Waals surface area contributed by atoms with Crippen LogP contribution in [0.4, 0.5) is 0 Å². The molecule has 1 amide bonds. The maximum Gasteiger partial charge on any atom is 0.220 e. The monoisotopic (exact) mass is 257 g/mol. The van der Waals surface area contributed by atoms with Crippen LogP contribution in [0.2, 0.25) is 0 Å². The zero-order valence-corrected chi connectivity index (χ0v) is 11.4. The minimum absolute atomic E-state index is 0.0439. The number of hydrogen-bond acceptors (Lipinski definition) is 2. The number of carbonyl (C=O) groups excluding carboxylic acids is 2. The third-order valence-corrected chi connectivity index (χ3v) is 4.86. The molecule has 0 spiro atoms. The maximum atomic E-state index is 12.3. The van der Waals surface area contributed by atoms with Crippen molar-refractivity contribution in [3.05, 3.63) is 35.9 Å². The summed E-state index contributed by atoms with van der Waals surface area (Å²) < 4.78 is 0. The molecular weight excluding hydrogens is 238 g/mol. The fraction of sp³-hybridized carbons (Fsp3) is 0.500. The molecule has 1 aromatic rings. The van der Waals surface area contributed by atoms with Crippen molar-refractivity contribution in [2.75, 3.05) is 0 Å². The van der Waals surface area contributed by atoms with E-state index >= 15 is 0 Å². The first-order valence-electron chi connectivity index (χ1n) is 6.93.